The maximum Gasteiger partial charge on any atom is 0.274 e. The van der Waals surface area contributed by atoms with Crippen molar-refractivity contribution in [1.29, 1.82) is 0 Å². The van der Waals surface area contributed by atoms with Gasteiger partial charge in [0.05, 0.1) is 4.92 Å². The first-order chi connectivity index (χ1) is 8.06. The van der Waals surface area contributed by atoms with Crippen LogP contribution in [0.15, 0.2) is 24.3 Å². The van der Waals surface area contributed by atoms with E-state index in [1.54, 1.807) is 18.2 Å². The van der Waals surface area contributed by atoms with Crippen molar-refractivity contribution < 1.29 is 10.0 Å². The van der Waals surface area contributed by atoms with Crippen molar-refractivity contribution in [2.45, 2.75) is 32.4 Å². The van der Waals surface area contributed by atoms with Crippen molar-refractivity contribution in [1.82, 2.24) is 5.32 Å². The van der Waals surface area contributed by atoms with Crippen molar-refractivity contribution >= 4 is 5.69 Å². The third-order valence-corrected chi connectivity index (χ3v) is 2.70. The monoisotopic (exact) mass is 238 g/mol. The van der Waals surface area contributed by atoms with Gasteiger partial charge in [-0.1, -0.05) is 18.2 Å². The molecule has 17 heavy (non-hydrogen) atoms. The van der Waals surface area contributed by atoms with E-state index in [0.717, 1.165) is 0 Å². The second-order valence-electron chi connectivity index (χ2n) is 4.12. The smallest absolute Gasteiger partial charge is 0.274 e. The summed E-state index contributed by atoms with van der Waals surface area (Å²) in [5, 5.41) is 22.9. The van der Waals surface area contributed by atoms with E-state index >= 15 is 0 Å². The normalized spacial score (nSPS) is 14.3. The quantitative estimate of drug-likeness (QED) is 0.587. The first-order valence-electron chi connectivity index (χ1n) is 5.66. The van der Waals surface area contributed by atoms with Crippen LogP contribution in [0.1, 0.15) is 31.9 Å². The molecule has 1 aromatic carbocycles. The van der Waals surface area contributed by atoms with Crippen LogP contribution in [0.4, 0.5) is 5.69 Å². The second kappa shape index (κ2) is 6.32. The Morgan fingerprint density at radius 2 is 2.06 bits per heavy atom. The Kier molecular flexibility index (Phi) is 5.06. The van der Waals surface area contributed by atoms with Crippen LogP contribution in [0.25, 0.3) is 0 Å². The van der Waals surface area contributed by atoms with Crippen LogP contribution in [0.2, 0.25) is 0 Å². The van der Waals surface area contributed by atoms with E-state index in [4.69, 9.17) is 5.11 Å². The minimum Gasteiger partial charge on any atom is -0.396 e. The number of para-hydroxylation sites is 1. The number of nitrogens with one attached hydrogen (secondary N) is 1. The van der Waals surface area contributed by atoms with Crippen LogP contribution in [0.3, 0.4) is 0 Å². The highest BCUT2D eigenvalue weighted by Gasteiger charge is 2.18. The first kappa shape index (κ1) is 13.6. The summed E-state index contributed by atoms with van der Waals surface area (Å²) in [5.41, 5.74) is 0.797. The summed E-state index contributed by atoms with van der Waals surface area (Å²) >= 11 is 0. The van der Waals surface area contributed by atoms with Crippen molar-refractivity contribution in [3.8, 4) is 0 Å². The van der Waals surface area contributed by atoms with E-state index in [9.17, 15) is 10.1 Å². The number of nitrogens with zero attached hydrogens (tertiary/aromatic N) is 1. The molecule has 0 spiro atoms. The van der Waals surface area contributed by atoms with Crippen LogP contribution in [0, 0.1) is 10.1 Å². The Hall–Kier alpha value is -1.46. The van der Waals surface area contributed by atoms with Crippen molar-refractivity contribution in [3.63, 3.8) is 0 Å². The summed E-state index contributed by atoms with van der Waals surface area (Å²) in [6.45, 7) is 3.94. The summed E-state index contributed by atoms with van der Waals surface area (Å²) in [4.78, 5) is 10.5. The molecule has 0 amide bonds. The fraction of sp³-hybridized carbons (Fsp3) is 0.500. The van der Waals surface area contributed by atoms with E-state index in [2.05, 4.69) is 5.32 Å². The predicted molar refractivity (Wildman–Crippen MR) is 65.8 cm³/mol. The minimum atomic E-state index is -0.371. The zero-order chi connectivity index (χ0) is 12.8. The van der Waals surface area contributed by atoms with E-state index in [1.807, 2.05) is 13.8 Å². The molecular weight excluding hydrogens is 220 g/mol. The van der Waals surface area contributed by atoms with E-state index in [0.29, 0.717) is 12.0 Å². The molecule has 0 saturated carbocycles. The van der Waals surface area contributed by atoms with Gasteiger partial charge < -0.3 is 10.4 Å². The molecule has 0 aliphatic carbocycles. The number of benzene rings is 1. The maximum absolute atomic E-state index is 10.9. The number of aliphatic hydroxyl groups is 1. The predicted octanol–water partition coefficient (Wildman–Crippen LogP) is 2.02. The van der Waals surface area contributed by atoms with Gasteiger partial charge in [0.25, 0.3) is 5.69 Å². The molecule has 0 fully saturated rings. The summed E-state index contributed by atoms with van der Waals surface area (Å²) in [5.74, 6) is 0. The standard InChI is InChI=1S/C12H18N2O3/c1-9(7-8-15)13-10(2)11-5-3-4-6-12(11)14(16)17/h3-6,9-10,13,15H,7-8H2,1-2H3. The zero-order valence-corrected chi connectivity index (χ0v) is 10.1. The summed E-state index contributed by atoms with van der Waals surface area (Å²) < 4.78 is 0. The highest BCUT2D eigenvalue weighted by atomic mass is 16.6. The fourth-order valence-electron chi connectivity index (χ4n) is 1.81. The average Bonchev–Trinajstić information content (AvgIpc) is 2.29. The zero-order valence-electron chi connectivity index (χ0n) is 10.1. The molecule has 2 unspecified atom stereocenters. The van der Waals surface area contributed by atoms with Gasteiger partial charge in [-0.05, 0) is 20.3 Å². The Morgan fingerprint density at radius 1 is 1.41 bits per heavy atom. The van der Waals surface area contributed by atoms with Crippen LogP contribution < -0.4 is 5.32 Å². The Balaban J connectivity index is 2.81. The van der Waals surface area contributed by atoms with Crippen molar-refractivity contribution in [2.24, 2.45) is 0 Å². The van der Waals surface area contributed by atoms with Crippen LogP contribution in [-0.2, 0) is 0 Å². The maximum atomic E-state index is 10.9. The lowest BCUT2D eigenvalue weighted by Crippen LogP contribution is -2.30. The largest absolute Gasteiger partial charge is 0.396 e. The summed E-state index contributed by atoms with van der Waals surface area (Å²) in [6, 6.07) is 6.71. The molecule has 0 heterocycles. The number of nitro groups is 1. The third-order valence-electron chi connectivity index (χ3n) is 2.70. The molecule has 1 aromatic rings. The Bertz CT molecular complexity index is 382. The number of rotatable bonds is 6. The number of hydrogen-bond acceptors (Lipinski definition) is 4. The van der Waals surface area contributed by atoms with Crippen molar-refractivity contribution in [3.05, 3.63) is 39.9 Å². The molecule has 0 aliphatic heterocycles. The van der Waals surface area contributed by atoms with Gasteiger partial charge in [-0.25, -0.2) is 0 Å². The molecule has 94 valence electrons. The van der Waals surface area contributed by atoms with Gasteiger partial charge in [0.15, 0.2) is 0 Å². The molecule has 2 atom stereocenters. The van der Waals surface area contributed by atoms with E-state index in [1.165, 1.54) is 6.07 Å². The SMILES string of the molecule is CC(CCO)NC(C)c1ccccc1[N+](=O)[O-]. The van der Waals surface area contributed by atoms with Gasteiger partial charge in [0, 0.05) is 30.3 Å². The second-order valence-corrected chi connectivity index (χ2v) is 4.12. The van der Waals surface area contributed by atoms with Gasteiger partial charge >= 0.3 is 0 Å². The van der Waals surface area contributed by atoms with Crippen LogP contribution >= 0.6 is 0 Å². The van der Waals surface area contributed by atoms with Gasteiger partial charge in [0.1, 0.15) is 0 Å². The van der Waals surface area contributed by atoms with E-state index < -0.39 is 0 Å². The highest BCUT2D eigenvalue weighted by Crippen LogP contribution is 2.24. The number of hydrogen-bond donors (Lipinski definition) is 2. The fourth-order valence-corrected chi connectivity index (χ4v) is 1.81. The summed E-state index contributed by atoms with van der Waals surface area (Å²) in [7, 11) is 0. The van der Waals surface area contributed by atoms with E-state index in [-0.39, 0.29) is 29.3 Å². The van der Waals surface area contributed by atoms with Crippen LogP contribution in [0.5, 0.6) is 0 Å². The molecular formula is C12H18N2O3. The topological polar surface area (TPSA) is 75.4 Å². The molecule has 0 aromatic heterocycles. The first-order valence-corrected chi connectivity index (χ1v) is 5.66. The summed E-state index contributed by atoms with van der Waals surface area (Å²) in [6.07, 6.45) is 0.630. The molecule has 0 radical (unpaired) electrons. The van der Waals surface area contributed by atoms with Crippen LogP contribution in [-0.4, -0.2) is 22.7 Å². The van der Waals surface area contributed by atoms with Gasteiger partial charge in [-0.15, -0.1) is 0 Å². The Labute approximate surface area is 101 Å². The third kappa shape index (κ3) is 3.80. The highest BCUT2D eigenvalue weighted by molar-refractivity contribution is 5.41. The number of nitro benzene ring substituents is 1. The van der Waals surface area contributed by atoms with Gasteiger partial charge in [-0.2, -0.15) is 0 Å². The van der Waals surface area contributed by atoms with Gasteiger partial charge in [-0.3, -0.25) is 10.1 Å². The average molecular weight is 238 g/mol. The lowest BCUT2D eigenvalue weighted by atomic mass is 10.0. The molecule has 2 N–H and O–H groups in total. The molecule has 5 heteroatoms. The lowest BCUT2D eigenvalue weighted by molar-refractivity contribution is -0.385. The lowest BCUT2D eigenvalue weighted by Gasteiger charge is -2.19. The molecule has 0 bridgehead atoms. The molecule has 5 nitrogen and oxygen atoms in total. The van der Waals surface area contributed by atoms with Gasteiger partial charge in [0.2, 0.25) is 0 Å². The molecule has 1 rings (SSSR count). The Morgan fingerprint density at radius 3 is 2.65 bits per heavy atom. The minimum absolute atomic E-state index is 0.109. The van der Waals surface area contributed by atoms with Crippen molar-refractivity contribution in [2.75, 3.05) is 6.61 Å². The molecule has 0 saturated heterocycles. The number of aliphatic hydroxyl groups excluding tert-OH is 1. The molecule has 0 aliphatic rings.